The zero-order valence-electron chi connectivity index (χ0n) is 12.4. The maximum Gasteiger partial charge on any atom is 0.171 e. The maximum absolute atomic E-state index is 13.6. The molecule has 20 heavy (non-hydrogen) atoms. The van der Waals surface area contributed by atoms with Gasteiger partial charge >= 0.3 is 0 Å². The Hall–Kier alpha value is -1.88. The lowest BCUT2D eigenvalue weighted by molar-refractivity contribution is 0.195. The van der Waals surface area contributed by atoms with E-state index in [4.69, 9.17) is 4.74 Å². The molecule has 1 N–H and O–H groups in total. The number of halogens is 1. The zero-order chi connectivity index (χ0) is 15.0. The average molecular weight is 278 g/mol. The smallest absolute Gasteiger partial charge is 0.171 e. The lowest BCUT2D eigenvalue weighted by Crippen LogP contribution is -2.00. The summed E-state index contributed by atoms with van der Waals surface area (Å²) in [6, 6.07) is 2.92. The summed E-state index contributed by atoms with van der Waals surface area (Å²) in [5, 5.41) is 14.1. The number of hydrogen-bond acceptors (Lipinski definition) is 3. The molecule has 0 saturated carbocycles. The normalized spacial score (nSPS) is 12.6. The third-order valence-corrected chi connectivity index (χ3v) is 3.40. The van der Waals surface area contributed by atoms with Gasteiger partial charge in [0.25, 0.3) is 0 Å². The van der Waals surface area contributed by atoms with Gasteiger partial charge in [0.15, 0.2) is 5.75 Å². The topological polar surface area (TPSA) is 47.3 Å². The first-order valence-electron chi connectivity index (χ1n) is 6.47. The number of aliphatic hydroxyl groups excluding tert-OH is 1. The SMILES string of the molecule is Cc1cc(Oc2c(C)nn(C)c2C)c([C@@H](C)O)cc1F. The van der Waals surface area contributed by atoms with Crippen LogP contribution in [0.3, 0.4) is 0 Å². The first-order valence-corrected chi connectivity index (χ1v) is 6.47. The standard InChI is InChI=1S/C15H19FN2O2/c1-8-6-14(12(11(4)19)7-13(8)16)20-15-9(2)17-18(5)10(15)3/h6-7,11,19H,1-5H3/t11-/m1/s1. The Balaban J connectivity index is 2.50. The van der Waals surface area contributed by atoms with Gasteiger partial charge < -0.3 is 9.84 Å². The van der Waals surface area contributed by atoms with Crippen LogP contribution in [0.2, 0.25) is 0 Å². The van der Waals surface area contributed by atoms with Crippen molar-refractivity contribution in [2.45, 2.75) is 33.8 Å². The lowest BCUT2D eigenvalue weighted by atomic mass is 10.1. The summed E-state index contributed by atoms with van der Waals surface area (Å²) in [6.45, 7) is 6.99. The molecule has 0 saturated heterocycles. The second-order valence-corrected chi connectivity index (χ2v) is 5.04. The summed E-state index contributed by atoms with van der Waals surface area (Å²) < 4.78 is 21.2. The molecule has 1 aromatic heterocycles. The molecular formula is C15H19FN2O2. The Morgan fingerprint density at radius 3 is 2.45 bits per heavy atom. The molecule has 2 rings (SSSR count). The number of benzene rings is 1. The third kappa shape index (κ3) is 2.54. The molecule has 0 bridgehead atoms. The molecule has 0 aliphatic carbocycles. The van der Waals surface area contributed by atoms with Crippen LogP contribution in [0.25, 0.3) is 0 Å². The highest BCUT2D eigenvalue weighted by atomic mass is 19.1. The van der Waals surface area contributed by atoms with Gasteiger partial charge in [-0.3, -0.25) is 4.68 Å². The van der Waals surface area contributed by atoms with Gasteiger partial charge in [-0.25, -0.2) is 4.39 Å². The predicted octanol–water partition coefficient (Wildman–Crippen LogP) is 3.33. The van der Waals surface area contributed by atoms with Gasteiger partial charge in [-0.05, 0) is 45.4 Å². The Labute approximate surface area is 117 Å². The molecule has 1 atom stereocenters. The van der Waals surface area contributed by atoms with Crippen molar-refractivity contribution in [3.8, 4) is 11.5 Å². The van der Waals surface area contributed by atoms with E-state index in [1.165, 1.54) is 6.07 Å². The minimum Gasteiger partial charge on any atom is -0.453 e. The summed E-state index contributed by atoms with van der Waals surface area (Å²) in [7, 11) is 1.83. The maximum atomic E-state index is 13.6. The summed E-state index contributed by atoms with van der Waals surface area (Å²) in [6.07, 6.45) is -0.808. The minimum atomic E-state index is -0.808. The van der Waals surface area contributed by atoms with Gasteiger partial charge in [0, 0.05) is 12.6 Å². The molecule has 4 nitrogen and oxygen atoms in total. The van der Waals surface area contributed by atoms with E-state index in [9.17, 15) is 9.50 Å². The minimum absolute atomic E-state index is 0.354. The van der Waals surface area contributed by atoms with Gasteiger partial charge in [0.05, 0.1) is 11.8 Å². The van der Waals surface area contributed by atoms with Crippen LogP contribution in [0.4, 0.5) is 4.39 Å². The average Bonchev–Trinajstić information content (AvgIpc) is 2.60. The van der Waals surface area contributed by atoms with E-state index < -0.39 is 6.10 Å². The van der Waals surface area contributed by atoms with Crippen LogP contribution in [-0.4, -0.2) is 14.9 Å². The van der Waals surface area contributed by atoms with E-state index in [1.807, 2.05) is 20.9 Å². The zero-order valence-corrected chi connectivity index (χ0v) is 12.4. The van der Waals surface area contributed by atoms with Crippen LogP contribution < -0.4 is 4.74 Å². The molecule has 0 aliphatic heterocycles. The van der Waals surface area contributed by atoms with Crippen LogP contribution in [0.1, 0.15) is 35.5 Å². The molecule has 0 unspecified atom stereocenters. The first kappa shape index (κ1) is 14.5. The number of rotatable bonds is 3. The third-order valence-electron chi connectivity index (χ3n) is 3.40. The van der Waals surface area contributed by atoms with Gasteiger partial charge in [0.2, 0.25) is 0 Å². The Bertz CT molecular complexity index is 648. The highest BCUT2D eigenvalue weighted by molar-refractivity contribution is 5.44. The van der Waals surface area contributed by atoms with E-state index in [1.54, 1.807) is 24.6 Å². The molecule has 108 valence electrons. The van der Waals surface area contributed by atoms with Crippen molar-refractivity contribution in [2.24, 2.45) is 7.05 Å². The number of aromatic nitrogens is 2. The summed E-state index contributed by atoms with van der Waals surface area (Å²) in [4.78, 5) is 0. The van der Waals surface area contributed by atoms with Crippen LogP contribution in [0, 0.1) is 26.6 Å². The molecule has 1 heterocycles. The van der Waals surface area contributed by atoms with Crippen molar-refractivity contribution in [1.82, 2.24) is 9.78 Å². The summed E-state index contributed by atoms with van der Waals surface area (Å²) >= 11 is 0. The fourth-order valence-corrected chi connectivity index (χ4v) is 2.10. The van der Waals surface area contributed by atoms with Crippen LogP contribution in [-0.2, 0) is 7.05 Å². The Kier molecular flexibility index (Phi) is 3.81. The highest BCUT2D eigenvalue weighted by Gasteiger charge is 2.17. The van der Waals surface area contributed by atoms with E-state index in [0.717, 1.165) is 11.4 Å². The number of aryl methyl sites for hydroxylation is 3. The Morgan fingerprint density at radius 1 is 1.30 bits per heavy atom. The van der Waals surface area contributed by atoms with Crippen molar-refractivity contribution in [1.29, 1.82) is 0 Å². The molecule has 0 amide bonds. The highest BCUT2D eigenvalue weighted by Crippen LogP contribution is 2.34. The monoisotopic (exact) mass is 278 g/mol. The van der Waals surface area contributed by atoms with E-state index in [-0.39, 0.29) is 5.82 Å². The van der Waals surface area contributed by atoms with Crippen molar-refractivity contribution in [3.63, 3.8) is 0 Å². The number of nitrogens with zero attached hydrogens (tertiary/aromatic N) is 2. The van der Waals surface area contributed by atoms with Crippen LogP contribution >= 0.6 is 0 Å². The first-order chi connectivity index (χ1) is 9.31. The molecule has 0 aliphatic rings. The van der Waals surface area contributed by atoms with Crippen molar-refractivity contribution in [3.05, 3.63) is 40.5 Å². The van der Waals surface area contributed by atoms with Crippen LogP contribution in [0.5, 0.6) is 11.5 Å². The molecule has 1 aromatic carbocycles. The van der Waals surface area contributed by atoms with Gasteiger partial charge in [-0.1, -0.05) is 0 Å². The summed E-state index contributed by atoms with van der Waals surface area (Å²) in [5.41, 5.74) is 2.53. The fraction of sp³-hybridized carbons (Fsp3) is 0.400. The second-order valence-electron chi connectivity index (χ2n) is 5.04. The molecule has 2 aromatic rings. The van der Waals surface area contributed by atoms with E-state index in [2.05, 4.69) is 5.10 Å². The molecule has 0 radical (unpaired) electrons. The molecule has 0 spiro atoms. The summed E-state index contributed by atoms with van der Waals surface area (Å²) in [5.74, 6) is 0.742. The van der Waals surface area contributed by atoms with Crippen LogP contribution in [0.15, 0.2) is 12.1 Å². The molecule has 5 heteroatoms. The van der Waals surface area contributed by atoms with Gasteiger partial charge in [-0.2, -0.15) is 5.10 Å². The lowest BCUT2D eigenvalue weighted by Gasteiger charge is -2.15. The van der Waals surface area contributed by atoms with Gasteiger partial charge in [0.1, 0.15) is 17.3 Å². The molecule has 0 fully saturated rings. The molecular weight excluding hydrogens is 259 g/mol. The Morgan fingerprint density at radius 2 is 1.95 bits per heavy atom. The largest absolute Gasteiger partial charge is 0.453 e. The van der Waals surface area contributed by atoms with Gasteiger partial charge in [-0.15, -0.1) is 0 Å². The number of aliphatic hydroxyl groups is 1. The van der Waals surface area contributed by atoms with Crippen molar-refractivity contribution >= 4 is 0 Å². The van der Waals surface area contributed by atoms with Crippen molar-refractivity contribution < 1.29 is 14.2 Å². The van der Waals surface area contributed by atoms with Crippen molar-refractivity contribution in [2.75, 3.05) is 0 Å². The quantitative estimate of drug-likeness (QED) is 0.936. The second kappa shape index (κ2) is 5.25. The predicted molar refractivity (Wildman–Crippen MR) is 74.5 cm³/mol. The fourth-order valence-electron chi connectivity index (χ4n) is 2.10. The van der Waals surface area contributed by atoms with E-state index >= 15 is 0 Å². The number of ether oxygens (including phenoxy) is 1. The number of hydrogen-bond donors (Lipinski definition) is 1. The van der Waals surface area contributed by atoms with E-state index in [0.29, 0.717) is 22.6 Å².